The SMILES string of the molecule is CCn1nnnc1C1(C(=O)OC)[C@@H]2C=CC=C[C@@H]21. The van der Waals surface area contributed by atoms with Gasteiger partial charge in [0.15, 0.2) is 5.82 Å². The monoisotopic (exact) mass is 246 g/mol. The Hall–Kier alpha value is -1.98. The summed E-state index contributed by atoms with van der Waals surface area (Å²) in [7, 11) is 1.40. The van der Waals surface area contributed by atoms with Crippen molar-refractivity contribution in [2.24, 2.45) is 11.8 Å². The molecule has 94 valence electrons. The average molecular weight is 246 g/mol. The van der Waals surface area contributed by atoms with E-state index in [-0.39, 0.29) is 17.8 Å². The smallest absolute Gasteiger partial charge is 0.320 e. The van der Waals surface area contributed by atoms with E-state index in [2.05, 4.69) is 15.5 Å². The average Bonchev–Trinajstić information content (AvgIpc) is 2.85. The van der Waals surface area contributed by atoms with Crippen molar-refractivity contribution in [1.29, 1.82) is 0 Å². The van der Waals surface area contributed by atoms with E-state index >= 15 is 0 Å². The lowest BCUT2D eigenvalue weighted by Gasteiger charge is -2.13. The van der Waals surface area contributed by atoms with E-state index < -0.39 is 5.41 Å². The fraction of sp³-hybridized carbons (Fsp3) is 0.500. The normalized spacial score (nSPS) is 32.1. The van der Waals surface area contributed by atoms with E-state index in [0.29, 0.717) is 12.4 Å². The molecule has 1 unspecified atom stereocenters. The topological polar surface area (TPSA) is 69.9 Å². The van der Waals surface area contributed by atoms with Crippen molar-refractivity contribution >= 4 is 5.97 Å². The minimum Gasteiger partial charge on any atom is -0.468 e. The summed E-state index contributed by atoms with van der Waals surface area (Å²) in [5.41, 5.74) is -0.738. The molecule has 1 aromatic rings. The quantitative estimate of drug-likeness (QED) is 0.725. The predicted molar refractivity (Wildman–Crippen MR) is 62.4 cm³/mol. The van der Waals surface area contributed by atoms with Crippen molar-refractivity contribution in [1.82, 2.24) is 20.2 Å². The van der Waals surface area contributed by atoms with E-state index in [1.165, 1.54) is 7.11 Å². The molecule has 1 saturated carbocycles. The van der Waals surface area contributed by atoms with Crippen molar-refractivity contribution in [3.8, 4) is 0 Å². The van der Waals surface area contributed by atoms with E-state index in [4.69, 9.17) is 4.74 Å². The molecular formula is C12H14N4O2. The lowest BCUT2D eigenvalue weighted by molar-refractivity contribution is -0.144. The van der Waals surface area contributed by atoms with Gasteiger partial charge in [-0.2, -0.15) is 0 Å². The van der Waals surface area contributed by atoms with Crippen LogP contribution in [0.5, 0.6) is 0 Å². The third-order valence-corrected chi connectivity index (χ3v) is 3.80. The van der Waals surface area contributed by atoms with Crippen LogP contribution in [0, 0.1) is 11.8 Å². The zero-order chi connectivity index (χ0) is 12.8. The molecule has 0 bridgehead atoms. The molecule has 0 amide bonds. The molecular weight excluding hydrogens is 232 g/mol. The van der Waals surface area contributed by atoms with Gasteiger partial charge in [0, 0.05) is 18.4 Å². The highest BCUT2D eigenvalue weighted by Gasteiger charge is 2.72. The maximum Gasteiger partial charge on any atom is 0.320 e. The lowest BCUT2D eigenvalue weighted by Crippen LogP contribution is -2.30. The largest absolute Gasteiger partial charge is 0.468 e. The number of carbonyl (C=O) groups is 1. The molecule has 1 heterocycles. The van der Waals surface area contributed by atoms with Crippen LogP contribution in [0.3, 0.4) is 0 Å². The zero-order valence-corrected chi connectivity index (χ0v) is 10.3. The standard InChI is InChI=1S/C12H14N4O2/c1-3-16-10(13-14-15-16)12(11(17)18-2)8-6-4-5-7-9(8)12/h4-9H,3H2,1-2H3/t8-,9+,12?. The number of aryl methyl sites for hydroxylation is 1. The minimum atomic E-state index is -0.738. The van der Waals surface area contributed by atoms with Gasteiger partial charge in [-0.3, -0.25) is 4.79 Å². The van der Waals surface area contributed by atoms with Gasteiger partial charge in [-0.25, -0.2) is 4.68 Å². The van der Waals surface area contributed by atoms with Crippen molar-refractivity contribution < 1.29 is 9.53 Å². The summed E-state index contributed by atoms with van der Waals surface area (Å²) in [5.74, 6) is 0.541. The van der Waals surface area contributed by atoms with Gasteiger partial charge >= 0.3 is 5.97 Å². The number of fused-ring (bicyclic) bond motifs is 1. The molecule has 3 atom stereocenters. The number of aromatic nitrogens is 4. The van der Waals surface area contributed by atoms with Crippen molar-refractivity contribution in [3.63, 3.8) is 0 Å². The number of carbonyl (C=O) groups excluding carboxylic acids is 1. The van der Waals surface area contributed by atoms with Crippen molar-refractivity contribution in [2.75, 3.05) is 7.11 Å². The second-order valence-corrected chi connectivity index (χ2v) is 4.50. The number of esters is 1. The number of tetrazole rings is 1. The van der Waals surface area contributed by atoms with E-state index in [0.717, 1.165) is 0 Å². The molecule has 6 nitrogen and oxygen atoms in total. The third-order valence-electron chi connectivity index (χ3n) is 3.80. The van der Waals surface area contributed by atoms with E-state index in [1.807, 2.05) is 31.2 Å². The molecule has 0 radical (unpaired) electrons. The van der Waals surface area contributed by atoms with Crippen LogP contribution in [0.1, 0.15) is 12.7 Å². The van der Waals surface area contributed by atoms with Gasteiger partial charge in [0.1, 0.15) is 5.41 Å². The van der Waals surface area contributed by atoms with Crippen LogP contribution >= 0.6 is 0 Å². The van der Waals surface area contributed by atoms with Gasteiger partial charge in [-0.1, -0.05) is 24.3 Å². The molecule has 2 aliphatic rings. The van der Waals surface area contributed by atoms with E-state index in [9.17, 15) is 4.79 Å². The number of hydrogen-bond acceptors (Lipinski definition) is 5. The highest BCUT2D eigenvalue weighted by Crippen LogP contribution is 2.62. The number of hydrogen-bond donors (Lipinski definition) is 0. The lowest BCUT2D eigenvalue weighted by atomic mass is 10.0. The van der Waals surface area contributed by atoms with Crippen LogP contribution in [-0.2, 0) is 21.5 Å². The van der Waals surface area contributed by atoms with E-state index in [1.54, 1.807) is 4.68 Å². The summed E-state index contributed by atoms with van der Waals surface area (Å²) >= 11 is 0. The fourth-order valence-corrected chi connectivity index (χ4v) is 2.90. The van der Waals surface area contributed by atoms with Crippen LogP contribution < -0.4 is 0 Å². The molecule has 1 aromatic heterocycles. The van der Waals surface area contributed by atoms with Crippen molar-refractivity contribution in [2.45, 2.75) is 18.9 Å². The van der Waals surface area contributed by atoms with Crippen LogP contribution in [0.25, 0.3) is 0 Å². The van der Waals surface area contributed by atoms with Crippen LogP contribution in [-0.4, -0.2) is 33.3 Å². The van der Waals surface area contributed by atoms with Gasteiger partial charge in [0.05, 0.1) is 7.11 Å². The molecule has 0 spiro atoms. The Labute approximate surface area is 104 Å². The molecule has 0 aromatic carbocycles. The second kappa shape index (κ2) is 3.76. The summed E-state index contributed by atoms with van der Waals surface area (Å²) in [4.78, 5) is 12.2. The molecule has 6 heteroatoms. The van der Waals surface area contributed by atoms with Gasteiger partial charge < -0.3 is 4.74 Å². The van der Waals surface area contributed by atoms with Gasteiger partial charge in [0.25, 0.3) is 0 Å². The first kappa shape index (κ1) is 11.1. The maximum absolute atomic E-state index is 12.2. The number of allylic oxidation sites excluding steroid dienone is 4. The first-order valence-electron chi connectivity index (χ1n) is 5.96. The first-order chi connectivity index (χ1) is 8.76. The second-order valence-electron chi connectivity index (χ2n) is 4.50. The maximum atomic E-state index is 12.2. The Kier molecular flexibility index (Phi) is 2.33. The summed E-state index contributed by atoms with van der Waals surface area (Å²) in [6.07, 6.45) is 7.95. The minimum absolute atomic E-state index is 0.103. The van der Waals surface area contributed by atoms with Gasteiger partial charge in [-0.05, 0) is 17.4 Å². The Morgan fingerprint density at radius 2 is 2.11 bits per heavy atom. The van der Waals surface area contributed by atoms with Crippen LogP contribution in [0.15, 0.2) is 24.3 Å². The fourth-order valence-electron chi connectivity index (χ4n) is 2.90. The molecule has 1 fully saturated rings. The first-order valence-corrected chi connectivity index (χ1v) is 5.96. The van der Waals surface area contributed by atoms with Crippen LogP contribution in [0.2, 0.25) is 0 Å². The summed E-state index contributed by atoms with van der Waals surface area (Å²) in [6, 6.07) is 0. The summed E-state index contributed by atoms with van der Waals surface area (Å²) in [6.45, 7) is 2.58. The predicted octanol–water partition coefficient (Wildman–Crippen LogP) is 0.476. The number of ether oxygens (including phenoxy) is 1. The van der Waals surface area contributed by atoms with Gasteiger partial charge in [-0.15, -0.1) is 5.10 Å². The molecule has 0 saturated heterocycles. The Morgan fingerprint density at radius 1 is 1.44 bits per heavy atom. The molecule has 0 aliphatic heterocycles. The summed E-state index contributed by atoms with van der Waals surface area (Å²) < 4.78 is 6.64. The highest BCUT2D eigenvalue weighted by atomic mass is 16.5. The number of rotatable bonds is 3. The molecule has 2 aliphatic carbocycles. The number of methoxy groups -OCH3 is 1. The molecule has 18 heavy (non-hydrogen) atoms. The van der Waals surface area contributed by atoms with Gasteiger partial charge in [0.2, 0.25) is 0 Å². The van der Waals surface area contributed by atoms with Crippen LogP contribution in [0.4, 0.5) is 0 Å². The van der Waals surface area contributed by atoms with Crippen molar-refractivity contribution in [3.05, 3.63) is 30.1 Å². The zero-order valence-electron chi connectivity index (χ0n) is 10.3. The Morgan fingerprint density at radius 3 is 2.67 bits per heavy atom. The third kappa shape index (κ3) is 1.17. The Balaban J connectivity index is 2.11. The number of nitrogens with zero attached hydrogens (tertiary/aromatic N) is 4. The highest BCUT2D eigenvalue weighted by molar-refractivity contribution is 5.88. The molecule has 0 N–H and O–H groups in total. The summed E-state index contributed by atoms with van der Waals surface area (Å²) in [5, 5.41) is 11.6. The Bertz CT molecular complexity index is 528. The molecule has 3 rings (SSSR count).